The molecule has 0 atom stereocenters. The van der Waals surface area contributed by atoms with Gasteiger partial charge in [-0.1, -0.05) is 43.8 Å². The van der Waals surface area contributed by atoms with E-state index in [4.69, 9.17) is 18.0 Å². The van der Waals surface area contributed by atoms with Gasteiger partial charge in [0.1, 0.15) is 10.7 Å². The molecular formula is C14H16N4S. The molecule has 0 fully saturated rings. The first kappa shape index (κ1) is 13.4. The Hall–Kier alpha value is -2.01. The molecule has 98 valence electrons. The number of nitrogens with two attached hydrogens (primary N) is 1. The average molecular weight is 272 g/mol. The predicted molar refractivity (Wildman–Crippen MR) is 81.6 cm³/mol. The van der Waals surface area contributed by atoms with Crippen LogP contribution in [0, 0.1) is 0 Å². The van der Waals surface area contributed by atoms with Crippen molar-refractivity contribution >= 4 is 28.7 Å². The van der Waals surface area contributed by atoms with Crippen molar-refractivity contribution in [2.45, 2.75) is 19.8 Å². The third kappa shape index (κ3) is 3.26. The molecule has 4 nitrogen and oxygen atoms in total. The highest BCUT2D eigenvalue weighted by atomic mass is 32.1. The maximum atomic E-state index is 5.65. The molecule has 0 radical (unpaired) electrons. The molecule has 0 aliphatic carbocycles. The van der Waals surface area contributed by atoms with Crippen molar-refractivity contribution in [1.82, 2.24) is 9.97 Å². The molecule has 1 aromatic heterocycles. The second kappa shape index (κ2) is 6.24. The highest BCUT2D eigenvalue weighted by molar-refractivity contribution is 7.80. The number of nitrogens with zero attached hydrogens (tertiary/aromatic N) is 2. The molecule has 0 amide bonds. The van der Waals surface area contributed by atoms with Crippen LogP contribution in [-0.4, -0.2) is 15.0 Å². The monoisotopic (exact) mass is 272 g/mol. The molecule has 2 rings (SSSR count). The zero-order valence-electron chi connectivity index (χ0n) is 10.8. The van der Waals surface area contributed by atoms with Crippen LogP contribution in [0.2, 0.25) is 0 Å². The van der Waals surface area contributed by atoms with Crippen LogP contribution in [-0.2, 0) is 6.42 Å². The Morgan fingerprint density at radius 1 is 1.26 bits per heavy atom. The van der Waals surface area contributed by atoms with Crippen LogP contribution in [0.4, 0.5) is 11.5 Å². The summed E-state index contributed by atoms with van der Waals surface area (Å²) in [7, 11) is 0. The van der Waals surface area contributed by atoms with Gasteiger partial charge >= 0.3 is 0 Å². The van der Waals surface area contributed by atoms with Crippen LogP contribution in [0.3, 0.4) is 0 Å². The molecule has 5 heteroatoms. The van der Waals surface area contributed by atoms with Crippen molar-refractivity contribution in [3.63, 3.8) is 0 Å². The van der Waals surface area contributed by atoms with Crippen LogP contribution >= 0.6 is 12.2 Å². The topological polar surface area (TPSA) is 63.8 Å². The van der Waals surface area contributed by atoms with E-state index in [0.717, 1.165) is 18.5 Å². The zero-order chi connectivity index (χ0) is 13.7. The first-order valence-corrected chi connectivity index (χ1v) is 6.59. The van der Waals surface area contributed by atoms with E-state index in [2.05, 4.69) is 28.3 Å². The van der Waals surface area contributed by atoms with Crippen LogP contribution in [0.15, 0.2) is 36.7 Å². The summed E-state index contributed by atoms with van der Waals surface area (Å²) in [5, 5.41) is 3.27. The number of benzene rings is 1. The number of rotatable bonds is 5. The van der Waals surface area contributed by atoms with E-state index in [-0.39, 0.29) is 4.99 Å². The molecule has 0 saturated carbocycles. The highest BCUT2D eigenvalue weighted by Gasteiger charge is 2.09. The summed E-state index contributed by atoms with van der Waals surface area (Å²) in [4.78, 5) is 8.65. The Morgan fingerprint density at radius 3 is 2.74 bits per heavy atom. The standard InChI is InChI=1S/C14H16N4S/c1-2-5-10-6-3-4-7-11(10)18-14-12(13(15)19)16-8-9-17-14/h3-4,6-9H,2,5H2,1H3,(H2,15,19)(H,17,18). The molecule has 0 aliphatic heterocycles. The van der Waals surface area contributed by atoms with Gasteiger partial charge in [-0.15, -0.1) is 0 Å². The van der Waals surface area contributed by atoms with Crippen molar-refractivity contribution in [1.29, 1.82) is 0 Å². The van der Waals surface area contributed by atoms with Crippen molar-refractivity contribution in [3.05, 3.63) is 47.9 Å². The van der Waals surface area contributed by atoms with Crippen molar-refractivity contribution in [3.8, 4) is 0 Å². The summed E-state index contributed by atoms with van der Waals surface area (Å²) < 4.78 is 0. The minimum absolute atomic E-state index is 0.239. The molecular weight excluding hydrogens is 256 g/mol. The van der Waals surface area contributed by atoms with Gasteiger partial charge in [-0.05, 0) is 18.1 Å². The van der Waals surface area contributed by atoms with Crippen LogP contribution in [0.5, 0.6) is 0 Å². The molecule has 2 aromatic rings. The van der Waals surface area contributed by atoms with Gasteiger partial charge < -0.3 is 11.1 Å². The number of aryl methyl sites for hydroxylation is 1. The first-order chi connectivity index (χ1) is 9.22. The Balaban J connectivity index is 2.34. The Morgan fingerprint density at radius 2 is 2.00 bits per heavy atom. The fourth-order valence-electron chi connectivity index (χ4n) is 1.87. The van der Waals surface area contributed by atoms with Gasteiger partial charge in [-0.2, -0.15) is 0 Å². The lowest BCUT2D eigenvalue weighted by atomic mass is 10.1. The van der Waals surface area contributed by atoms with Crippen molar-refractivity contribution in [2.24, 2.45) is 5.73 Å². The lowest BCUT2D eigenvalue weighted by molar-refractivity contribution is 0.923. The lowest BCUT2D eigenvalue weighted by Crippen LogP contribution is -2.15. The van der Waals surface area contributed by atoms with Crippen LogP contribution < -0.4 is 11.1 Å². The third-order valence-corrected chi connectivity index (χ3v) is 2.91. The molecule has 0 aliphatic rings. The minimum Gasteiger partial charge on any atom is -0.388 e. The predicted octanol–water partition coefficient (Wildman–Crippen LogP) is 2.81. The summed E-state index contributed by atoms with van der Waals surface area (Å²) in [6.45, 7) is 2.15. The number of para-hydroxylation sites is 1. The fourth-order valence-corrected chi connectivity index (χ4v) is 2.02. The van der Waals surface area contributed by atoms with E-state index < -0.39 is 0 Å². The highest BCUT2D eigenvalue weighted by Crippen LogP contribution is 2.22. The average Bonchev–Trinajstić information content (AvgIpc) is 2.42. The maximum absolute atomic E-state index is 5.65. The molecule has 0 bridgehead atoms. The minimum atomic E-state index is 0.239. The molecule has 19 heavy (non-hydrogen) atoms. The van der Waals surface area contributed by atoms with Crippen molar-refractivity contribution < 1.29 is 0 Å². The number of hydrogen-bond acceptors (Lipinski definition) is 4. The fraction of sp³-hybridized carbons (Fsp3) is 0.214. The SMILES string of the molecule is CCCc1ccccc1Nc1nccnc1C(N)=S. The number of anilines is 2. The zero-order valence-corrected chi connectivity index (χ0v) is 11.6. The quantitative estimate of drug-likeness (QED) is 0.819. The first-order valence-electron chi connectivity index (χ1n) is 6.18. The summed E-state index contributed by atoms with van der Waals surface area (Å²) in [6.07, 6.45) is 5.29. The van der Waals surface area contributed by atoms with Crippen LogP contribution in [0.25, 0.3) is 0 Å². The Kier molecular flexibility index (Phi) is 4.41. The van der Waals surface area contributed by atoms with E-state index in [1.165, 1.54) is 5.56 Å². The molecule has 1 aromatic carbocycles. The van der Waals surface area contributed by atoms with Crippen LogP contribution in [0.1, 0.15) is 24.6 Å². The van der Waals surface area contributed by atoms with E-state index in [0.29, 0.717) is 11.5 Å². The largest absolute Gasteiger partial charge is 0.388 e. The summed E-state index contributed by atoms with van der Waals surface area (Å²) in [5.41, 5.74) is 8.43. The van der Waals surface area contributed by atoms with Gasteiger partial charge in [0.2, 0.25) is 0 Å². The van der Waals surface area contributed by atoms with Gasteiger partial charge in [0, 0.05) is 18.1 Å². The van der Waals surface area contributed by atoms with Gasteiger partial charge in [0.15, 0.2) is 5.82 Å². The lowest BCUT2D eigenvalue weighted by Gasteiger charge is -2.12. The van der Waals surface area contributed by atoms with E-state index in [1.807, 2.05) is 18.2 Å². The van der Waals surface area contributed by atoms with E-state index in [1.54, 1.807) is 12.4 Å². The maximum Gasteiger partial charge on any atom is 0.159 e. The van der Waals surface area contributed by atoms with Gasteiger partial charge in [0.25, 0.3) is 0 Å². The molecule has 0 unspecified atom stereocenters. The smallest absolute Gasteiger partial charge is 0.159 e. The summed E-state index contributed by atoms with van der Waals surface area (Å²) in [5.74, 6) is 0.596. The van der Waals surface area contributed by atoms with Gasteiger partial charge in [-0.25, -0.2) is 9.97 Å². The van der Waals surface area contributed by atoms with E-state index in [9.17, 15) is 0 Å². The van der Waals surface area contributed by atoms with Crippen molar-refractivity contribution in [2.75, 3.05) is 5.32 Å². The third-order valence-electron chi connectivity index (χ3n) is 2.72. The van der Waals surface area contributed by atoms with Gasteiger partial charge in [0.05, 0.1) is 0 Å². The van der Waals surface area contributed by atoms with Gasteiger partial charge in [-0.3, -0.25) is 0 Å². The Labute approximate surface area is 118 Å². The normalized spacial score (nSPS) is 10.2. The number of nitrogens with one attached hydrogen (secondary N) is 1. The molecule has 0 spiro atoms. The summed E-state index contributed by atoms with van der Waals surface area (Å²) in [6, 6.07) is 8.13. The Bertz CT molecular complexity index is 583. The summed E-state index contributed by atoms with van der Waals surface area (Å²) >= 11 is 4.99. The number of aromatic nitrogens is 2. The molecule has 1 heterocycles. The second-order valence-electron chi connectivity index (χ2n) is 4.15. The second-order valence-corrected chi connectivity index (χ2v) is 4.59. The number of hydrogen-bond donors (Lipinski definition) is 2. The molecule has 3 N–H and O–H groups in total. The molecule has 0 saturated heterocycles. The van der Waals surface area contributed by atoms with E-state index >= 15 is 0 Å². The number of thiocarbonyl (C=S) groups is 1.